The molecule has 16 heavy (non-hydrogen) atoms. The maximum absolute atomic E-state index is 5.17. The van der Waals surface area contributed by atoms with E-state index in [-0.39, 0.29) is 11.9 Å². The first-order chi connectivity index (χ1) is 7.51. The third-order valence-corrected chi connectivity index (χ3v) is 1.58. The molecule has 0 rings (SSSR count). The van der Waals surface area contributed by atoms with Gasteiger partial charge in [0.25, 0.3) is 0 Å². The van der Waals surface area contributed by atoms with Crippen molar-refractivity contribution in [3.8, 4) is 0 Å². The Bertz CT molecular complexity index is 296. The van der Waals surface area contributed by atoms with Crippen LogP contribution >= 0.6 is 0 Å². The lowest BCUT2D eigenvalue weighted by molar-refractivity contribution is 1.12. The molecule has 0 spiro atoms. The van der Waals surface area contributed by atoms with Crippen molar-refractivity contribution in [3.05, 3.63) is 0 Å². The molecule has 0 atom stereocenters. The molecule has 8 nitrogen and oxygen atoms in total. The second kappa shape index (κ2) is 7.21. The molecule has 8 heteroatoms. The first-order valence-corrected chi connectivity index (χ1v) is 4.82. The standard InChI is InChI=1S/C8H18N8/c1-3-5(13-15-7(9)10)6(4-2)14-16-8(11)12/h3-4H2,1-2H3,(H4,9,10,15)(H4,11,12,16)/b13-5-,14-6-. The van der Waals surface area contributed by atoms with E-state index >= 15 is 0 Å². The van der Waals surface area contributed by atoms with E-state index in [0.717, 1.165) is 0 Å². The molecule has 0 radical (unpaired) electrons. The van der Waals surface area contributed by atoms with Crippen LogP contribution in [0.5, 0.6) is 0 Å². The summed E-state index contributed by atoms with van der Waals surface area (Å²) in [6, 6.07) is 0. The predicted molar refractivity (Wildman–Crippen MR) is 67.1 cm³/mol. The molecule has 0 fully saturated rings. The average molecular weight is 226 g/mol. The molecule has 0 aromatic carbocycles. The highest BCUT2D eigenvalue weighted by Crippen LogP contribution is 1.97. The average Bonchev–Trinajstić information content (AvgIpc) is 2.22. The monoisotopic (exact) mass is 226 g/mol. The van der Waals surface area contributed by atoms with Gasteiger partial charge in [-0.3, -0.25) is 0 Å². The Hall–Kier alpha value is -2.12. The smallest absolute Gasteiger partial charge is 0.211 e. The Kier molecular flexibility index (Phi) is 6.25. The number of hydrogen-bond donors (Lipinski definition) is 4. The topological polar surface area (TPSA) is 154 Å². The molecule has 0 aliphatic carbocycles. The highest BCUT2D eigenvalue weighted by atomic mass is 15.3. The Morgan fingerprint density at radius 3 is 1.19 bits per heavy atom. The second-order valence-corrected chi connectivity index (χ2v) is 2.85. The largest absolute Gasteiger partial charge is 0.369 e. The van der Waals surface area contributed by atoms with Crippen LogP contribution in [0.1, 0.15) is 26.7 Å². The van der Waals surface area contributed by atoms with E-state index in [1.165, 1.54) is 0 Å². The van der Waals surface area contributed by atoms with Gasteiger partial charge < -0.3 is 22.9 Å². The summed E-state index contributed by atoms with van der Waals surface area (Å²) in [7, 11) is 0. The van der Waals surface area contributed by atoms with Gasteiger partial charge in [0.15, 0.2) is 0 Å². The van der Waals surface area contributed by atoms with Crippen molar-refractivity contribution in [2.45, 2.75) is 26.7 Å². The highest BCUT2D eigenvalue weighted by molar-refractivity contribution is 6.42. The number of hydrogen-bond acceptors (Lipinski definition) is 4. The molecule has 0 aromatic heterocycles. The zero-order chi connectivity index (χ0) is 12.6. The first kappa shape index (κ1) is 13.9. The maximum Gasteiger partial charge on any atom is 0.211 e. The number of nitrogens with zero attached hydrogens (tertiary/aromatic N) is 4. The zero-order valence-corrected chi connectivity index (χ0v) is 9.51. The van der Waals surface area contributed by atoms with Gasteiger partial charge in [-0.2, -0.15) is 10.2 Å². The molecule has 0 saturated carbocycles. The van der Waals surface area contributed by atoms with Gasteiger partial charge in [-0.1, -0.05) is 13.8 Å². The molecule has 8 N–H and O–H groups in total. The first-order valence-electron chi connectivity index (χ1n) is 4.82. The van der Waals surface area contributed by atoms with E-state index in [1.54, 1.807) is 0 Å². The van der Waals surface area contributed by atoms with Crippen LogP contribution in [0.4, 0.5) is 0 Å². The van der Waals surface area contributed by atoms with Gasteiger partial charge >= 0.3 is 0 Å². The van der Waals surface area contributed by atoms with Gasteiger partial charge in [-0.05, 0) is 12.8 Å². The van der Waals surface area contributed by atoms with Crippen molar-refractivity contribution in [1.29, 1.82) is 0 Å². The van der Waals surface area contributed by atoms with Crippen molar-refractivity contribution >= 4 is 23.3 Å². The van der Waals surface area contributed by atoms with Crippen LogP contribution in [-0.2, 0) is 0 Å². The molecule has 0 aromatic rings. The lowest BCUT2D eigenvalue weighted by Crippen LogP contribution is -2.23. The van der Waals surface area contributed by atoms with E-state index in [9.17, 15) is 0 Å². The van der Waals surface area contributed by atoms with Crippen molar-refractivity contribution in [2.75, 3.05) is 0 Å². The Labute approximate surface area is 94.2 Å². The molecule has 90 valence electrons. The van der Waals surface area contributed by atoms with E-state index in [0.29, 0.717) is 24.3 Å². The van der Waals surface area contributed by atoms with Crippen LogP contribution in [0.25, 0.3) is 0 Å². The lowest BCUT2D eigenvalue weighted by atomic mass is 10.1. The number of guanidine groups is 2. The van der Waals surface area contributed by atoms with Crippen LogP contribution in [0.2, 0.25) is 0 Å². The van der Waals surface area contributed by atoms with E-state index in [2.05, 4.69) is 20.4 Å². The fraction of sp³-hybridized carbons (Fsp3) is 0.500. The molecule has 0 heterocycles. The summed E-state index contributed by atoms with van der Waals surface area (Å²) in [6.45, 7) is 3.81. The summed E-state index contributed by atoms with van der Waals surface area (Å²) in [5.41, 5.74) is 22.0. The van der Waals surface area contributed by atoms with Crippen LogP contribution in [0.15, 0.2) is 20.4 Å². The number of rotatable bonds is 5. The normalized spacial score (nSPS) is 12.1. The molecule has 0 unspecified atom stereocenters. The third kappa shape index (κ3) is 5.58. The molecule has 0 saturated heterocycles. The Morgan fingerprint density at radius 2 is 1.00 bits per heavy atom. The van der Waals surface area contributed by atoms with Crippen molar-refractivity contribution in [2.24, 2.45) is 43.3 Å². The summed E-state index contributed by atoms with van der Waals surface area (Å²) in [5, 5.41) is 14.8. The van der Waals surface area contributed by atoms with Crippen LogP contribution in [0, 0.1) is 0 Å². The zero-order valence-electron chi connectivity index (χ0n) is 9.51. The summed E-state index contributed by atoms with van der Waals surface area (Å²) in [5.74, 6) is -0.216. The van der Waals surface area contributed by atoms with Gasteiger partial charge in [0.2, 0.25) is 11.9 Å². The Balaban J connectivity index is 5.04. The van der Waals surface area contributed by atoms with Crippen molar-refractivity contribution < 1.29 is 0 Å². The summed E-state index contributed by atoms with van der Waals surface area (Å²) >= 11 is 0. The number of nitrogens with two attached hydrogens (primary N) is 4. The van der Waals surface area contributed by atoms with Gasteiger partial charge in [0.1, 0.15) is 0 Å². The van der Waals surface area contributed by atoms with Crippen LogP contribution < -0.4 is 22.9 Å². The molecule has 0 bridgehead atoms. The van der Waals surface area contributed by atoms with Gasteiger partial charge in [-0.15, -0.1) is 10.2 Å². The summed E-state index contributed by atoms with van der Waals surface area (Å²) < 4.78 is 0. The van der Waals surface area contributed by atoms with Gasteiger partial charge in [-0.25, -0.2) is 0 Å². The minimum absolute atomic E-state index is 0.108. The quantitative estimate of drug-likeness (QED) is 0.271. The van der Waals surface area contributed by atoms with Crippen molar-refractivity contribution in [1.82, 2.24) is 0 Å². The fourth-order valence-electron chi connectivity index (χ4n) is 0.901. The fourth-order valence-corrected chi connectivity index (χ4v) is 0.901. The molecular weight excluding hydrogens is 208 g/mol. The molecular formula is C8H18N8. The summed E-state index contributed by atoms with van der Waals surface area (Å²) in [6.07, 6.45) is 1.26. The third-order valence-electron chi connectivity index (χ3n) is 1.58. The van der Waals surface area contributed by atoms with Crippen LogP contribution in [-0.4, -0.2) is 23.3 Å². The highest BCUT2D eigenvalue weighted by Gasteiger charge is 2.05. The van der Waals surface area contributed by atoms with E-state index in [1.807, 2.05) is 13.8 Å². The van der Waals surface area contributed by atoms with Crippen LogP contribution in [0.3, 0.4) is 0 Å². The Morgan fingerprint density at radius 1 is 0.688 bits per heavy atom. The maximum atomic E-state index is 5.17. The molecule has 0 aliphatic rings. The minimum atomic E-state index is -0.108. The van der Waals surface area contributed by atoms with Gasteiger partial charge in [0.05, 0.1) is 11.4 Å². The van der Waals surface area contributed by atoms with Gasteiger partial charge in [0, 0.05) is 0 Å². The molecule has 0 aliphatic heterocycles. The SMILES string of the molecule is CCC(=N/N=C(N)N)/C(CC)=N\N=C(N)N. The van der Waals surface area contributed by atoms with E-state index < -0.39 is 0 Å². The minimum Gasteiger partial charge on any atom is -0.369 e. The molecule has 0 amide bonds. The summed E-state index contributed by atoms with van der Waals surface area (Å²) in [4.78, 5) is 0. The van der Waals surface area contributed by atoms with E-state index in [4.69, 9.17) is 22.9 Å². The predicted octanol–water partition coefficient (Wildman–Crippen LogP) is -0.935. The lowest BCUT2D eigenvalue weighted by Gasteiger charge is -2.01. The van der Waals surface area contributed by atoms with Crippen molar-refractivity contribution in [3.63, 3.8) is 0 Å². The second-order valence-electron chi connectivity index (χ2n) is 2.85.